The first-order valence-corrected chi connectivity index (χ1v) is 5.37. The topological polar surface area (TPSA) is 64.7 Å². The molecule has 5 nitrogen and oxygen atoms in total. The highest BCUT2D eigenvalue weighted by Gasteiger charge is 2.29. The number of azo groups is 2. The highest BCUT2D eigenvalue weighted by Crippen LogP contribution is 2.18. The standard InChI is InChI=1S/C11H19N3O2/c1-7(12-10(16)11(2,3)4)9-8(15)6-14(5)13-9/h7H,6H2,1-5H3,(H,12,16)/p+1. The lowest BCUT2D eigenvalue weighted by Crippen LogP contribution is -2.41. The number of carbonyl (C=O) groups excluding carboxylic acids is 1. The number of carbonyl (C=O) groups is 1. The smallest absolute Gasteiger partial charge is 0.226 e. The van der Waals surface area contributed by atoms with Crippen LogP contribution in [0.15, 0.2) is 16.6 Å². The fraction of sp³-hybridized carbons (Fsp3) is 0.727. The summed E-state index contributed by atoms with van der Waals surface area (Å²) in [6.45, 7) is 7.77. The van der Waals surface area contributed by atoms with E-state index in [0.717, 1.165) is 0 Å². The van der Waals surface area contributed by atoms with E-state index in [1.165, 1.54) is 0 Å². The molecule has 1 aliphatic heterocycles. The molecule has 0 aromatic rings. The van der Waals surface area contributed by atoms with Crippen LogP contribution in [0.2, 0.25) is 0 Å². The van der Waals surface area contributed by atoms with Crippen molar-refractivity contribution in [1.29, 1.82) is 0 Å². The molecule has 0 aromatic heterocycles. The number of hydrogen-bond acceptors (Lipinski definition) is 3. The van der Waals surface area contributed by atoms with Gasteiger partial charge < -0.3 is 10.4 Å². The lowest BCUT2D eigenvalue weighted by molar-refractivity contribution is -0.551. The Balaban J connectivity index is 2.71. The summed E-state index contributed by atoms with van der Waals surface area (Å²) < 4.78 is 1.64. The Morgan fingerprint density at radius 1 is 1.56 bits per heavy atom. The second-order valence-corrected chi connectivity index (χ2v) is 5.19. The average Bonchev–Trinajstić information content (AvgIpc) is 2.43. The Morgan fingerprint density at radius 2 is 2.12 bits per heavy atom. The van der Waals surface area contributed by atoms with Crippen molar-refractivity contribution in [3.63, 3.8) is 0 Å². The molecule has 0 spiro atoms. The third-order valence-electron chi connectivity index (χ3n) is 2.39. The zero-order chi connectivity index (χ0) is 12.5. The van der Waals surface area contributed by atoms with Gasteiger partial charge in [-0.2, -0.15) is 0 Å². The SMILES string of the molecule is CC(NC(=O)C(C)(C)C)C1=C(O)C[N+](C)=N1. The van der Waals surface area contributed by atoms with Crippen LogP contribution in [0.3, 0.4) is 0 Å². The predicted molar refractivity (Wildman–Crippen MR) is 60.2 cm³/mol. The fourth-order valence-electron chi connectivity index (χ4n) is 1.39. The molecule has 1 unspecified atom stereocenters. The van der Waals surface area contributed by atoms with E-state index >= 15 is 0 Å². The van der Waals surface area contributed by atoms with Crippen molar-refractivity contribution in [2.24, 2.45) is 10.5 Å². The molecule has 5 heteroatoms. The number of amides is 1. The van der Waals surface area contributed by atoms with Gasteiger partial charge in [-0.1, -0.05) is 20.8 Å². The van der Waals surface area contributed by atoms with Crippen LogP contribution >= 0.6 is 0 Å². The largest absolute Gasteiger partial charge is 0.505 e. The van der Waals surface area contributed by atoms with Crippen molar-refractivity contribution in [2.75, 3.05) is 13.6 Å². The molecule has 0 bridgehead atoms. The number of hydrogen-bond donors (Lipinski definition) is 2. The van der Waals surface area contributed by atoms with Gasteiger partial charge in [-0.15, -0.1) is 4.70 Å². The molecule has 0 aromatic carbocycles. The molecule has 16 heavy (non-hydrogen) atoms. The summed E-state index contributed by atoms with van der Waals surface area (Å²) >= 11 is 0. The summed E-state index contributed by atoms with van der Waals surface area (Å²) in [7, 11) is 1.78. The van der Waals surface area contributed by atoms with E-state index in [0.29, 0.717) is 12.2 Å². The van der Waals surface area contributed by atoms with Gasteiger partial charge >= 0.3 is 0 Å². The third-order valence-corrected chi connectivity index (χ3v) is 2.39. The quantitative estimate of drug-likeness (QED) is 0.699. The van der Waals surface area contributed by atoms with Crippen LogP contribution in [-0.4, -0.2) is 35.3 Å². The molecule has 0 saturated carbocycles. The third kappa shape index (κ3) is 2.81. The van der Waals surface area contributed by atoms with Gasteiger partial charge in [-0.3, -0.25) is 4.79 Å². The van der Waals surface area contributed by atoms with Gasteiger partial charge in [-0.25, -0.2) is 0 Å². The Bertz CT molecular complexity index is 364. The summed E-state index contributed by atoms with van der Waals surface area (Å²) in [6.07, 6.45) is 0. The van der Waals surface area contributed by atoms with Gasteiger partial charge in [0.1, 0.15) is 0 Å². The fourth-order valence-corrected chi connectivity index (χ4v) is 1.39. The van der Waals surface area contributed by atoms with Crippen LogP contribution < -0.4 is 5.32 Å². The van der Waals surface area contributed by atoms with Gasteiger partial charge in [0, 0.05) is 5.41 Å². The monoisotopic (exact) mass is 226 g/mol. The van der Waals surface area contributed by atoms with Gasteiger partial charge in [0.25, 0.3) is 0 Å². The molecular weight excluding hydrogens is 206 g/mol. The zero-order valence-corrected chi connectivity index (χ0v) is 10.5. The van der Waals surface area contributed by atoms with Crippen LogP contribution in [0.4, 0.5) is 0 Å². The summed E-state index contributed by atoms with van der Waals surface area (Å²) in [5.41, 5.74) is 0.106. The number of nitrogens with one attached hydrogen (secondary N) is 1. The molecule has 1 rings (SSSR count). The molecule has 1 amide bonds. The van der Waals surface area contributed by atoms with Crippen molar-refractivity contribution in [3.05, 3.63) is 11.5 Å². The highest BCUT2D eigenvalue weighted by molar-refractivity contribution is 5.81. The van der Waals surface area contributed by atoms with E-state index in [9.17, 15) is 9.90 Å². The maximum atomic E-state index is 11.7. The predicted octanol–water partition coefficient (Wildman–Crippen LogP) is 1.41. The van der Waals surface area contributed by atoms with E-state index in [1.54, 1.807) is 11.7 Å². The van der Waals surface area contributed by atoms with Gasteiger partial charge in [0.2, 0.25) is 12.5 Å². The van der Waals surface area contributed by atoms with Crippen molar-refractivity contribution in [3.8, 4) is 0 Å². The minimum absolute atomic E-state index is 0.0509. The van der Waals surface area contributed by atoms with Crippen LogP contribution in [0.1, 0.15) is 27.7 Å². The Hall–Kier alpha value is -1.39. The first kappa shape index (κ1) is 12.7. The Morgan fingerprint density at radius 3 is 2.50 bits per heavy atom. The molecular formula is C11H20N3O2+. The Kier molecular flexibility index (Phi) is 3.35. The lowest BCUT2D eigenvalue weighted by atomic mass is 9.95. The average molecular weight is 226 g/mol. The van der Waals surface area contributed by atoms with Gasteiger partial charge in [0.05, 0.1) is 6.04 Å². The van der Waals surface area contributed by atoms with E-state index in [-0.39, 0.29) is 17.7 Å². The number of nitrogens with zero attached hydrogens (tertiary/aromatic N) is 2. The normalized spacial score (nSPS) is 18.4. The number of likely N-dealkylation sites (N-methyl/N-ethyl adjacent to an activating group) is 1. The van der Waals surface area contributed by atoms with Gasteiger partial charge in [0.15, 0.2) is 18.5 Å². The second-order valence-electron chi connectivity index (χ2n) is 5.19. The molecule has 90 valence electrons. The van der Waals surface area contributed by atoms with Crippen molar-refractivity contribution < 1.29 is 14.6 Å². The Labute approximate surface area is 95.9 Å². The van der Waals surface area contributed by atoms with E-state index < -0.39 is 5.41 Å². The number of aliphatic hydroxyl groups excluding tert-OH is 1. The van der Waals surface area contributed by atoms with Crippen molar-refractivity contribution in [2.45, 2.75) is 33.7 Å². The van der Waals surface area contributed by atoms with E-state index in [4.69, 9.17) is 0 Å². The lowest BCUT2D eigenvalue weighted by Gasteiger charge is -2.20. The maximum Gasteiger partial charge on any atom is 0.226 e. The minimum Gasteiger partial charge on any atom is -0.505 e. The zero-order valence-electron chi connectivity index (χ0n) is 10.5. The van der Waals surface area contributed by atoms with Crippen molar-refractivity contribution in [1.82, 2.24) is 5.32 Å². The molecule has 0 fully saturated rings. The first-order valence-electron chi connectivity index (χ1n) is 5.37. The van der Waals surface area contributed by atoms with E-state index in [1.807, 2.05) is 27.7 Å². The molecule has 0 aliphatic carbocycles. The van der Waals surface area contributed by atoms with Crippen LogP contribution in [0, 0.1) is 5.41 Å². The second kappa shape index (κ2) is 4.23. The highest BCUT2D eigenvalue weighted by atomic mass is 16.3. The summed E-state index contributed by atoms with van der Waals surface area (Å²) in [4.78, 5) is 11.7. The minimum atomic E-state index is -0.436. The maximum absolute atomic E-state index is 11.7. The number of rotatable bonds is 2. The number of aliphatic hydroxyl groups is 1. The van der Waals surface area contributed by atoms with Crippen molar-refractivity contribution >= 4 is 5.91 Å². The molecule has 1 heterocycles. The van der Waals surface area contributed by atoms with Gasteiger partial charge in [-0.05, 0) is 12.0 Å². The van der Waals surface area contributed by atoms with E-state index in [2.05, 4.69) is 10.4 Å². The molecule has 2 N–H and O–H groups in total. The summed E-state index contributed by atoms with van der Waals surface area (Å²) in [5.74, 6) is 0.175. The molecule has 1 aliphatic rings. The molecule has 0 radical (unpaired) electrons. The van der Waals surface area contributed by atoms with Crippen LogP contribution in [0.25, 0.3) is 0 Å². The van der Waals surface area contributed by atoms with Crippen LogP contribution in [0.5, 0.6) is 0 Å². The summed E-state index contributed by atoms with van der Waals surface area (Å²) in [6, 6.07) is -0.267. The summed E-state index contributed by atoms with van der Waals surface area (Å²) in [5, 5.41) is 16.6. The molecule has 0 saturated heterocycles. The van der Waals surface area contributed by atoms with Crippen LogP contribution in [-0.2, 0) is 4.79 Å². The first-order chi connectivity index (χ1) is 7.21. The molecule has 1 atom stereocenters.